The van der Waals surface area contributed by atoms with Crippen LogP contribution in [-0.2, 0) is 0 Å². The maximum absolute atomic E-state index is 13.6. The van der Waals surface area contributed by atoms with Crippen molar-refractivity contribution < 1.29 is 9.18 Å². The van der Waals surface area contributed by atoms with Crippen LogP contribution in [0.15, 0.2) is 24.3 Å². The Morgan fingerprint density at radius 2 is 2.05 bits per heavy atom. The van der Waals surface area contributed by atoms with Crippen molar-refractivity contribution in [1.82, 2.24) is 4.90 Å². The fourth-order valence-corrected chi connectivity index (χ4v) is 1.86. The van der Waals surface area contributed by atoms with Gasteiger partial charge in [0.1, 0.15) is 5.82 Å². The summed E-state index contributed by atoms with van der Waals surface area (Å²) in [5, 5.41) is 2.61. The summed E-state index contributed by atoms with van der Waals surface area (Å²) in [5.41, 5.74) is 5.74. The van der Waals surface area contributed by atoms with Crippen molar-refractivity contribution in [3.63, 3.8) is 0 Å². The van der Waals surface area contributed by atoms with Crippen LogP contribution in [0.5, 0.6) is 0 Å². The largest absolute Gasteiger partial charge is 0.330 e. The second kappa shape index (κ2) is 7.24. The fourth-order valence-electron chi connectivity index (χ4n) is 1.86. The van der Waals surface area contributed by atoms with E-state index >= 15 is 0 Å². The van der Waals surface area contributed by atoms with Crippen LogP contribution in [0.4, 0.5) is 14.9 Å². The number of benzene rings is 1. The highest BCUT2D eigenvalue weighted by Gasteiger charge is 2.23. The molecule has 0 aliphatic rings. The summed E-state index contributed by atoms with van der Waals surface area (Å²) < 4.78 is 13.6. The average molecular weight is 281 g/mol. The van der Waals surface area contributed by atoms with Crippen LogP contribution in [-0.4, -0.2) is 30.6 Å². The molecule has 1 rings (SSSR count). The molecule has 1 aromatic rings. The number of hydrogen-bond acceptors (Lipinski definition) is 2. The Morgan fingerprint density at radius 1 is 1.40 bits per heavy atom. The highest BCUT2D eigenvalue weighted by Crippen LogP contribution is 2.18. The molecule has 0 saturated carbocycles. The van der Waals surface area contributed by atoms with Gasteiger partial charge in [-0.2, -0.15) is 0 Å². The number of urea groups is 1. The van der Waals surface area contributed by atoms with E-state index < -0.39 is 5.82 Å². The quantitative estimate of drug-likeness (QED) is 0.842. The number of hydrogen-bond donors (Lipinski definition) is 2. The lowest BCUT2D eigenvalue weighted by Gasteiger charge is -2.31. The zero-order valence-electron chi connectivity index (χ0n) is 12.4. The molecule has 0 saturated heterocycles. The molecule has 112 valence electrons. The van der Waals surface area contributed by atoms with Crippen LogP contribution < -0.4 is 11.1 Å². The van der Waals surface area contributed by atoms with Crippen LogP contribution in [0.3, 0.4) is 0 Å². The fraction of sp³-hybridized carbons (Fsp3) is 0.533. The molecule has 5 heteroatoms. The summed E-state index contributed by atoms with van der Waals surface area (Å²) in [6.07, 6.45) is 0.839. The highest BCUT2D eigenvalue weighted by atomic mass is 19.1. The van der Waals surface area contributed by atoms with Gasteiger partial charge in [0.05, 0.1) is 5.69 Å². The van der Waals surface area contributed by atoms with Crippen molar-refractivity contribution in [1.29, 1.82) is 0 Å². The van der Waals surface area contributed by atoms with Gasteiger partial charge in [-0.05, 0) is 30.5 Å². The lowest BCUT2D eigenvalue weighted by Crippen LogP contribution is -2.44. The molecule has 4 nitrogen and oxygen atoms in total. The lowest BCUT2D eigenvalue weighted by molar-refractivity contribution is 0.181. The number of rotatable bonds is 6. The van der Waals surface area contributed by atoms with Crippen LogP contribution in [0.25, 0.3) is 0 Å². The van der Waals surface area contributed by atoms with Gasteiger partial charge in [-0.3, -0.25) is 0 Å². The molecular formula is C15H24FN3O. The summed E-state index contributed by atoms with van der Waals surface area (Å²) in [6, 6.07) is 5.85. The van der Waals surface area contributed by atoms with Gasteiger partial charge in [0.15, 0.2) is 0 Å². The van der Waals surface area contributed by atoms with E-state index in [9.17, 15) is 9.18 Å². The van der Waals surface area contributed by atoms with E-state index in [1.807, 2.05) is 20.8 Å². The molecule has 0 aromatic heterocycles. The summed E-state index contributed by atoms with van der Waals surface area (Å²) in [6.45, 7) is 7.65. The molecule has 3 N–H and O–H groups in total. The molecular weight excluding hydrogens is 257 g/mol. The molecule has 0 aliphatic heterocycles. The molecule has 0 heterocycles. The Balaban J connectivity index is 2.77. The third-order valence-electron chi connectivity index (χ3n) is 3.07. The van der Waals surface area contributed by atoms with Gasteiger partial charge in [0, 0.05) is 13.1 Å². The van der Waals surface area contributed by atoms with Crippen LogP contribution in [0.2, 0.25) is 0 Å². The normalized spacial score (nSPS) is 11.2. The number of nitrogens with one attached hydrogen (secondary N) is 1. The molecule has 1 aromatic carbocycles. The molecule has 0 bridgehead atoms. The third kappa shape index (κ3) is 4.81. The Morgan fingerprint density at radius 3 is 2.60 bits per heavy atom. The molecule has 20 heavy (non-hydrogen) atoms. The van der Waals surface area contributed by atoms with Crippen molar-refractivity contribution in [2.45, 2.75) is 27.2 Å². The molecule has 0 aliphatic carbocycles. The topological polar surface area (TPSA) is 58.4 Å². The van der Waals surface area contributed by atoms with E-state index in [1.165, 1.54) is 6.07 Å². The SMILES string of the molecule is CCCN(CC(C)(C)CN)C(=O)Nc1ccccc1F. The number of anilines is 1. The molecule has 0 unspecified atom stereocenters. The second-order valence-corrected chi connectivity index (χ2v) is 5.70. The minimum Gasteiger partial charge on any atom is -0.330 e. The summed E-state index contributed by atoms with van der Waals surface area (Å²) in [5.74, 6) is -0.435. The first-order valence-electron chi connectivity index (χ1n) is 6.90. The zero-order chi connectivity index (χ0) is 15.2. The number of halogens is 1. The Kier molecular flexibility index (Phi) is 5.95. The number of carbonyl (C=O) groups is 1. The van der Waals surface area contributed by atoms with E-state index in [0.717, 1.165) is 6.42 Å². The summed E-state index contributed by atoms with van der Waals surface area (Å²) in [7, 11) is 0. The standard InChI is InChI=1S/C15H24FN3O/c1-4-9-19(11-15(2,3)10-17)14(20)18-13-8-6-5-7-12(13)16/h5-8H,4,9-11,17H2,1-3H3,(H,18,20). The summed E-state index contributed by atoms with van der Waals surface area (Å²) in [4.78, 5) is 13.9. The van der Waals surface area contributed by atoms with Crippen molar-refractivity contribution >= 4 is 11.7 Å². The van der Waals surface area contributed by atoms with Gasteiger partial charge >= 0.3 is 6.03 Å². The van der Waals surface area contributed by atoms with Gasteiger partial charge in [0.2, 0.25) is 0 Å². The predicted molar refractivity (Wildman–Crippen MR) is 80.1 cm³/mol. The number of nitrogens with zero attached hydrogens (tertiary/aromatic N) is 1. The average Bonchev–Trinajstić information content (AvgIpc) is 2.40. The summed E-state index contributed by atoms with van der Waals surface area (Å²) >= 11 is 0. The number of amides is 2. The molecule has 2 amide bonds. The van der Waals surface area contributed by atoms with E-state index in [1.54, 1.807) is 23.1 Å². The smallest absolute Gasteiger partial charge is 0.321 e. The highest BCUT2D eigenvalue weighted by molar-refractivity contribution is 5.89. The van der Waals surface area contributed by atoms with Crippen molar-refractivity contribution in [2.24, 2.45) is 11.1 Å². The molecule has 0 atom stereocenters. The zero-order valence-corrected chi connectivity index (χ0v) is 12.4. The minimum absolute atomic E-state index is 0.165. The van der Waals surface area contributed by atoms with Crippen molar-refractivity contribution in [3.8, 4) is 0 Å². The molecule has 0 spiro atoms. The lowest BCUT2D eigenvalue weighted by atomic mass is 9.93. The van der Waals surface area contributed by atoms with Gasteiger partial charge in [0.25, 0.3) is 0 Å². The van der Waals surface area contributed by atoms with Crippen LogP contribution in [0, 0.1) is 11.2 Å². The van der Waals surface area contributed by atoms with Crippen molar-refractivity contribution in [2.75, 3.05) is 25.0 Å². The maximum Gasteiger partial charge on any atom is 0.321 e. The maximum atomic E-state index is 13.6. The Labute approximate surface area is 120 Å². The first-order valence-corrected chi connectivity index (χ1v) is 6.90. The van der Waals surface area contributed by atoms with E-state index in [4.69, 9.17) is 5.73 Å². The minimum atomic E-state index is -0.435. The van der Waals surface area contributed by atoms with Gasteiger partial charge < -0.3 is 16.0 Å². The molecule has 0 radical (unpaired) electrons. The van der Waals surface area contributed by atoms with Crippen molar-refractivity contribution in [3.05, 3.63) is 30.1 Å². The molecule has 0 fully saturated rings. The Hall–Kier alpha value is -1.62. The van der Waals surface area contributed by atoms with E-state index in [2.05, 4.69) is 5.32 Å². The first kappa shape index (κ1) is 16.4. The van der Waals surface area contributed by atoms with Gasteiger partial charge in [-0.15, -0.1) is 0 Å². The number of nitrogens with two attached hydrogens (primary N) is 1. The monoisotopic (exact) mass is 281 g/mol. The second-order valence-electron chi connectivity index (χ2n) is 5.70. The predicted octanol–water partition coefficient (Wildman–Crippen LogP) is 3.05. The van der Waals surface area contributed by atoms with Gasteiger partial charge in [-0.25, -0.2) is 9.18 Å². The number of para-hydroxylation sites is 1. The first-order chi connectivity index (χ1) is 9.39. The van der Waals surface area contributed by atoms with Crippen LogP contribution >= 0.6 is 0 Å². The van der Waals surface area contributed by atoms with Crippen LogP contribution in [0.1, 0.15) is 27.2 Å². The van der Waals surface area contributed by atoms with E-state index in [-0.39, 0.29) is 17.1 Å². The van der Waals surface area contributed by atoms with Gasteiger partial charge in [-0.1, -0.05) is 32.9 Å². The number of carbonyl (C=O) groups excluding carboxylic acids is 1. The Bertz CT molecular complexity index is 448. The van der Waals surface area contributed by atoms with E-state index in [0.29, 0.717) is 19.6 Å². The third-order valence-corrected chi connectivity index (χ3v) is 3.07.